The quantitative estimate of drug-likeness (QED) is 0.424. The summed E-state index contributed by atoms with van der Waals surface area (Å²) in [6.45, 7) is 3.72. The standard InChI is InChI=1S/C9H18O5/c1-2-14-9(11)3-5-12-7-8-13-6-4-10/h10H,2-8H2,1H3. The maximum absolute atomic E-state index is 10.8. The van der Waals surface area contributed by atoms with E-state index in [0.717, 1.165) is 0 Å². The van der Waals surface area contributed by atoms with E-state index in [1.165, 1.54) is 0 Å². The van der Waals surface area contributed by atoms with Crippen molar-refractivity contribution >= 4 is 5.97 Å². The lowest BCUT2D eigenvalue weighted by Crippen LogP contribution is -2.11. The van der Waals surface area contributed by atoms with Gasteiger partial charge in [0.05, 0.1) is 46.1 Å². The van der Waals surface area contributed by atoms with E-state index in [0.29, 0.717) is 33.0 Å². The zero-order chi connectivity index (χ0) is 10.6. The largest absolute Gasteiger partial charge is 0.466 e. The Hall–Kier alpha value is -0.650. The number of ether oxygens (including phenoxy) is 3. The van der Waals surface area contributed by atoms with Gasteiger partial charge in [-0.15, -0.1) is 0 Å². The van der Waals surface area contributed by atoms with Gasteiger partial charge >= 0.3 is 5.97 Å². The number of hydrogen-bond acceptors (Lipinski definition) is 5. The molecule has 5 nitrogen and oxygen atoms in total. The average Bonchev–Trinajstić information content (AvgIpc) is 2.17. The summed E-state index contributed by atoms with van der Waals surface area (Å²) >= 11 is 0. The molecule has 0 amide bonds. The van der Waals surface area contributed by atoms with E-state index in [1.807, 2.05) is 0 Å². The van der Waals surface area contributed by atoms with Crippen molar-refractivity contribution < 1.29 is 24.1 Å². The molecule has 0 saturated carbocycles. The Morgan fingerprint density at radius 3 is 2.36 bits per heavy atom. The van der Waals surface area contributed by atoms with Crippen molar-refractivity contribution in [2.45, 2.75) is 13.3 Å². The van der Waals surface area contributed by atoms with Crippen molar-refractivity contribution in [3.05, 3.63) is 0 Å². The van der Waals surface area contributed by atoms with Gasteiger partial charge in [0.25, 0.3) is 0 Å². The van der Waals surface area contributed by atoms with Crippen molar-refractivity contribution in [2.75, 3.05) is 39.6 Å². The fraction of sp³-hybridized carbons (Fsp3) is 0.889. The van der Waals surface area contributed by atoms with Gasteiger partial charge in [-0.3, -0.25) is 4.79 Å². The molecular formula is C9H18O5. The minimum absolute atomic E-state index is 0.0167. The second-order valence-electron chi connectivity index (χ2n) is 2.50. The van der Waals surface area contributed by atoms with Gasteiger partial charge in [-0.25, -0.2) is 0 Å². The second kappa shape index (κ2) is 10.4. The first-order chi connectivity index (χ1) is 6.81. The Balaban J connectivity index is 3.01. The second-order valence-corrected chi connectivity index (χ2v) is 2.50. The summed E-state index contributed by atoms with van der Waals surface area (Å²) in [6, 6.07) is 0. The molecule has 0 bridgehead atoms. The first kappa shape index (κ1) is 13.4. The number of aliphatic hydroxyl groups excluding tert-OH is 1. The first-order valence-electron chi connectivity index (χ1n) is 4.73. The summed E-state index contributed by atoms with van der Waals surface area (Å²) in [6.07, 6.45) is 0.272. The predicted molar refractivity (Wildman–Crippen MR) is 50.0 cm³/mol. The normalized spacial score (nSPS) is 10.1. The summed E-state index contributed by atoms with van der Waals surface area (Å²) in [5.41, 5.74) is 0. The number of carbonyl (C=O) groups excluding carboxylic acids is 1. The molecule has 0 aliphatic rings. The van der Waals surface area contributed by atoms with Crippen molar-refractivity contribution in [3.8, 4) is 0 Å². The van der Waals surface area contributed by atoms with E-state index in [4.69, 9.17) is 19.3 Å². The van der Waals surface area contributed by atoms with E-state index in [2.05, 4.69) is 0 Å². The van der Waals surface area contributed by atoms with Gasteiger partial charge in [-0.2, -0.15) is 0 Å². The van der Waals surface area contributed by atoms with Gasteiger partial charge in [0.2, 0.25) is 0 Å². The predicted octanol–water partition coefficient (Wildman–Crippen LogP) is -0.0349. The Labute approximate surface area is 84.0 Å². The maximum atomic E-state index is 10.8. The van der Waals surface area contributed by atoms with Crippen molar-refractivity contribution in [2.24, 2.45) is 0 Å². The fourth-order valence-corrected chi connectivity index (χ4v) is 0.775. The molecule has 0 aromatic carbocycles. The van der Waals surface area contributed by atoms with E-state index in [-0.39, 0.29) is 19.0 Å². The third kappa shape index (κ3) is 9.44. The Kier molecular flexibility index (Phi) is 9.95. The molecule has 0 unspecified atom stereocenters. The number of aliphatic hydroxyl groups is 1. The van der Waals surface area contributed by atoms with Crippen LogP contribution >= 0.6 is 0 Å². The lowest BCUT2D eigenvalue weighted by Gasteiger charge is -2.04. The molecule has 0 atom stereocenters. The molecular weight excluding hydrogens is 188 g/mol. The van der Waals surface area contributed by atoms with Crippen molar-refractivity contribution in [1.82, 2.24) is 0 Å². The van der Waals surface area contributed by atoms with Crippen LogP contribution in [-0.4, -0.2) is 50.7 Å². The van der Waals surface area contributed by atoms with E-state index in [1.54, 1.807) is 6.92 Å². The lowest BCUT2D eigenvalue weighted by atomic mass is 10.5. The van der Waals surface area contributed by atoms with Gasteiger partial charge in [-0.1, -0.05) is 0 Å². The zero-order valence-electron chi connectivity index (χ0n) is 8.53. The lowest BCUT2D eigenvalue weighted by molar-refractivity contribution is -0.144. The molecule has 84 valence electrons. The minimum Gasteiger partial charge on any atom is -0.466 e. The van der Waals surface area contributed by atoms with E-state index < -0.39 is 0 Å². The molecule has 0 aromatic rings. The fourth-order valence-electron chi connectivity index (χ4n) is 0.775. The highest BCUT2D eigenvalue weighted by Gasteiger charge is 2.00. The minimum atomic E-state index is -0.247. The van der Waals surface area contributed by atoms with Crippen LogP contribution in [0.3, 0.4) is 0 Å². The van der Waals surface area contributed by atoms with Crippen LogP contribution < -0.4 is 0 Å². The van der Waals surface area contributed by atoms with Crippen LogP contribution in [0, 0.1) is 0 Å². The summed E-state index contributed by atoms with van der Waals surface area (Å²) < 4.78 is 14.7. The highest BCUT2D eigenvalue weighted by atomic mass is 16.5. The molecule has 0 spiro atoms. The summed E-state index contributed by atoms with van der Waals surface area (Å²) in [7, 11) is 0. The van der Waals surface area contributed by atoms with E-state index >= 15 is 0 Å². The van der Waals surface area contributed by atoms with Gasteiger partial charge in [-0.05, 0) is 6.92 Å². The van der Waals surface area contributed by atoms with Gasteiger partial charge in [0.1, 0.15) is 0 Å². The number of esters is 1. The number of rotatable bonds is 9. The van der Waals surface area contributed by atoms with Crippen LogP contribution in [0.2, 0.25) is 0 Å². The molecule has 0 aliphatic heterocycles. The monoisotopic (exact) mass is 206 g/mol. The summed E-state index contributed by atoms with van der Waals surface area (Å²) in [5.74, 6) is -0.247. The van der Waals surface area contributed by atoms with Crippen molar-refractivity contribution in [1.29, 1.82) is 0 Å². The molecule has 0 radical (unpaired) electrons. The molecule has 0 saturated heterocycles. The van der Waals surface area contributed by atoms with E-state index in [9.17, 15) is 4.79 Å². The number of hydrogen-bond donors (Lipinski definition) is 1. The third-order valence-corrected chi connectivity index (χ3v) is 1.36. The molecule has 0 rings (SSSR count). The average molecular weight is 206 g/mol. The molecule has 0 aliphatic carbocycles. The van der Waals surface area contributed by atoms with Gasteiger partial charge in [0, 0.05) is 0 Å². The smallest absolute Gasteiger partial charge is 0.308 e. The SMILES string of the molecule is CCOC(=O)CCOCCOCCO. The maximum Gasteiger partial charge on any atom is 0.308 e. The first-order valence-corrected chi connectivity index (χ1v) is 4.73. The van der Waals surface area contributed by atoms with Crippen LogP contribution in [0.25, 0.3) is 0 Å². The molecule has 0 heterocycles. The Bertz CT molecular complexity index is 137. The highest BCUT2D eigenvalue weighted by molar-refractivity contribution is 5.69. The third-order valence-electron chi connectivity index (χ3n) is 1.36. The van der Waals surface area contributed by atoms with Gasteiger partial charge < -0.3 is 19.3 Å². The van der Waals surface area contributed by atoms with Crippen molar-refractivity contribution in [3.63, 3.8) is 0 Å². The van der Waals surface area contributed by atoms with Gasteiger partial charge in [0.15, 0.2) is 0 Å². The van der Waals surface area contributed by atoms with Crippen LogP contribution in [0.4, 0.5) is 0 Å². The Morgan fingerprint density at radius 2 is 1.79 bits per heavy atom. The molecule has 5 heteroatoms. The zero-order valence-corrected chi connectivity index (χ0v) is 8.53. The number of carbonyl (C=O) groups is 1. The summed E-state index contributed by atoms with van der Waals surface area (Å²) in [5, 5.41) is 8.37. The molecule has 0 aromatic heterocycles. The molecule has 14 heavy (non-hydrogen) atoms. The molecule has 0 fully saturated rings. The van der Waals surface area contributed by atoms with Crippen LogP contribution in [-0.2, 0) is 19.0 Å². The Morgan fingerprint density at radius 1 is 1.14 bits per heavy atom. The van der Waals surface area contributed by atoms with Crippen LogP contribution in [0.5, 0.6) is 0 Å². The summed E-state index contributed by atoms with van der Waals surface area (Å²) in [4.78, 5) is 10.8. The van der Waals surface area contributed by atoms with Crippen LogP contribution in [0.15, 0.2) is 0 Å². The molecule has 1 N–H and O–H groups in total. The topological polar surface area (TPSA) is 65.0 Å². The highest BCUT2D eigenvalue weighted by Crippen LogP contribution is 1.88. The van der Waals surface area contributed by atoms with Crippen LogP contribution in [0.1, 0.15) is 13.3 Å².